The molecule has 5 nitrogen and oxygen atoms in total. The van der Waals surface area contributed by atoms with Gasteiger partial charge in [0.1, 0.15) is 0 Å². The van der Waals surface area contributed by atoms with E-state index in [-0.39, 0.29) is 11.9 Å². The van der Waals surface area contributed by atoms with Crippen molar-refractivity contribution in [3.05, 3.63) is 41.2 Å². The number of nitrogens with one attached hydrogen (secondary N) is 1. The molecular formula is C13H15ClN4O. The molecule has 0 radical (unpaired) electrons. The van der Waals surface area contributed by atoms with Crippen molar-refractivity contribution < 1.29 is 4.79 Å². The minimum Gasteiger partial charge on any atom is -0.348 e. The average Bonchev–Trinajstić information content (AvgIpc) is 2.89. The predicted molar refractivity (Wildman–Crippen MR) is 73.6 cm³/mol. The van der Waals surface area contributed by atoms with E-state index in [0.717, 1.165) is 12.1 Å². The maximum atomic E-state index is 11.9. The van der Waals surface area contributed by atoms with Crippen molar-refractivity contribution in [1.82, 2.24) is 20.3 Å². The summed E-state index contributed by atoms with van der Waals surface area (Å²) in [6, 6.07) is 7.27. The molecule has 0 aliphatic rings. The highest BCUT2D eigenvalue weighted by Gasteiger charge is 2.13. The van der Waals surface area contributed by atoms with Crippen LogP contribution in [0.15, 0.2) is 30.5 Å². The SMILES string of the molecule is CC[C@H](C)NC(=O)c1cn(-c2ccc(Cl)cc2)nn1. The molecule has 0 aliphatic heterocycles. The molecule has 1 aromatic carbocycles. The molecule has 2 rings (SSSR count). The summed E-state index contributed by atoms with van der Waals surface area (Å²) in [7, 11) is 0. The minimum absolute atomic E-state index is 0.119. The van der Waals surface area contributed by atoms with Gasteiger partial charge in [-0.15, -0.1) is 5.10 Å². The smallest absolute Gasteiger partial charge is 0.273 e. The van der Waals surface area contributed by atoms with Crippen LogP contribution < -0.4 is 5.32 Å². The molecule has 0 aliphatic carbocycles. The van der Waals surface area contributed by atoms with Gasteiger partial charge in [0, 0.05) is 11.1 Å². The van der Waals surface area contributed by atoms with E-state index in [2.05, 4.69) is 15.6 Å². The van der Waals surface area contributed by atoms with Crippen LogP contribution in [0.4, 0.5) is 0 Å². The normalized spacial score (nSPS) is 12.2. The maximum absolute atomic E-state index is 11.9. The Morgan fingerprint density at radius 2 is 2.11 bits per heavy atom. The summed E-state index contributed by atoms with van der Waals surface area (Å²) >= 11 is 5.82. The second-order valence-electron chi connectivity index (χ2n) is 4.31. The van der Waals surface area contributed by atoms with Gasteiger partial charge in [-0.2, -0.15) is 0 Å². The second-order valence-corrected chi connectivity index (χ2v) is 4.74. The fourth-order valence-corrected chi connectivity index (χ4v) is 1.61. The van der Waals surface area contributed by atoms with Gasteiger partial charge in [0.2, 0.25) is 0 Å². The third-order valence-corrected chi connectivity index (χ3v) is 3.06. The van der Waals surface area contributed by atoms with Crippen LogP contribution in [-0.4, -0.2) is 26.9 Å². The molecular weight excluding hydrogens is 264 g/mol. The first kappa shape index (κ1) is 13.5. The van der Waals surface area contributed by atoms with Gasteiger partial charge in [0.25, 0.3) is 5.91 Å². The van der Waals surface area contributed by atoms with Gasteiger partial charge in [-0.25, -0.2) is 4.68 Å². The lowest BCUT2D eigenvalue weighted by Gasteiger charge is -2.08. The summed E-state index contributed by atoms with van der Waals surface area (Å²) in [6.45, 7) is 3.96. The van der Waals surface area contributed by atoms with E-state index in [1.165, 1.54) is 0 Å². The lowest BCUT2D eigenvalue weighted by atomic mass is 10.2. The van der Waals surface area contributed by atoms with E-state index < -0.39 is 0 Å². The lowest BCUT2D eigenvalue weighted by molar-refractivity contribution is 0.0934. The Kier molecular flexibility index (Phi) is 4.16. The fraction of sp³-hybridized carbons (Fsp3) is 0.308. The Morgan fingerprint density at radius 1 is 1.42 bits per heavy atom. The van der Waals surface area contributed by atoms with E-state index in [9.17, 15) is 4.79 Å². The zero-order chi connectivity index (χ0) is 13.8. The quantitative estimate of drug-likeness (QED) is 0.934. The highest BCUT2D eigenvalue weighted by Crippen LogP contribution is 2.12. The fourth-order valence-electron chi connectivity index (χ4n) is 1.49. The number of carbonyl (C=O) groups is 1. The number of carbonyl (C=O) groups excluding carboxylic acids is 1. The van der Waals surface area contributed by atoms with Gasteiger partial charge in [0.05, 0.1) is 11.9 Å². The molecule has 1 amide bonds. The number of benzene rings is 1. The molecule has 0 fully saturated rings. The largest absolute Gasteiger partial charge is 0.348 e. The van der Waals surface area contributed by atoms with Crippen LogP contribution in [0.5, 0.6) is 0 Å². The Bertz CT molecular complexity index is 564. The monoisotopic (exact) mass is 278 g/mol. The zero-order valence-electron chi connectivity index (χ0n) is 10.8. The van der Waals surface area contributed by atoms with E-state index >= 15 is 0 Å². The van der Waals surface area contributed by atoms with Crippen LogP contribution in [0.2, 0.25) is 5.02 Å². The molecule has 0 saturated carbocycles. The maximum Gasteiger partial charge on any atom is 0.273 e. The van der Waals surface area contributed by atoms with Crippen LogP contribution in [0.25, 0.3) is 5.69 Å². The molecule has 0 saturated heterocycles. The molecule has 1 N–H and O–H groups in total. The number of halogens is 1. The first-order chi connectivity index (χ1) is 9.10. The number of hydrogen-bond donors (Lipinski definition) is 1. The minimum atomic E-state index is -0.213. The molecule has 0 bridgehead atoms. The summed E-state index contributed by atoms with van der Waals surface area (Å²) in [5.41, 5.74) is 1.11. The van der Waals surface area contributed by atoms with Gasteiger partial charge in [-0.1, -0.05) is 23.7 Å². The Hall–Kier alpha value is -1.88. The van der Waals surface area contributed by atoms with Crippen LogP contribution in [0.3, 0.4) is 0 Å². The van der Waals surface area contributed by atoms with Gasteiger partial charge in [0.15, 0.2) is 5.69 Å². The van der Waals surface area contributed by atoms with E-state index in [4.69, 9.17) is 11.6 Å². The van der Waals surface area contributed by atoms with Gasteiger partial charge in [-0.05, 0) is 37.6 Å². The Labute approximate surface area is 116 Å². The molecule has 0 spiro atoms. The highest BCUT2D eigenvalue weighted by molar-refractivity contribution is 6.30. The van der Waals surface area contributed by atoms with Crippen LogP contribution in [0, 0.1) is 0 Å². The zero-order valence-corrected chi connectivity index (χ0v) is 11.6. The van der Waals surface area contributed by atoms with Crippen molar-refractivity contribution >= 4 is 17.5 Å². The Balaban J connectivity index is 2.15. The van der Waals surface area contributed by atoms with Crippen molar-refractivity contribution in [2.75, 3.05) is 0 Å². The van der Waals surface area contributed by atoms with Crippen molar-refractivity contribution in [2.45, 2.75) is 26.3 Å². The summed E-state index contributed by atoms with van der Waals surface area (Å²) in [5.74, 6) is -0.213. The topological polar surface area (TPSA) is 59.8 Å². The van der Waals surface area contributed by atoms with Crippen molar-refractivity contribution in [1.29, 1.82) is 0 Å². The molecule has 1 heterocycles. The summed E-state index contributed by atoms with van der Waals surface area (Å²) in [5, 5.41) is 11.3. The number of nitrogens with zero attached hydrogens (tertiary/aromatic N) is 3. The molecule has 1 atom stereocenters. The van der Waals surface area contributed by atoms with Gasteiger partial charge >= 0.3 is 0 Å². The summed E-state index contributed by atoms with van der Waals surface area (Å²) in [6.07, 6.45) is 2.47. The van der Waals surface area contributed by atoms with Crippen LogP contribution in [-0.2, 0) is 0 Å². The summed E-state index contributed by atoms with van der Waals surface area (Å²) < 4.78 is 1.54. The molecule has 0 unspecified atom stereocenters. The van der Waals surface area contributed by atoms with E-state index in [1.54, 1.807) is 23.0 Å². The summed E-state index contributed by atoms with van der Waals surface area (Å²) in [4.78, 5) is 11.9. The molecule has 2 aromatic rings. The van der Waals surface area contributed by atoms with Crippen molar-refractivity contribution in [3.63, 3.8) is 0 Å². The Morgan fingerprint density at radius 3 is 2.74 bits per heavy atom. The molecule has 6 heteroatoms. The molecule has 1 aromatic heterocycles. The first-order valence-electron chi connectivity index (χ1n) is 6.09. The van der Waals surface area contributed by atoms with Gasteiger partial charge < -0.3 is 5.32 Å². The molecule has 100 valence electrons. The van der Waals surface area contributed by atoms with Crippen molar-refractivity contribution in [2.24, 2.45) is 0 Å². The van der Waals surface area contributed by atoms with E-state index in [1.807, 2.05) is 26.0 Å². The third-order valence-electron chi connectivity index (χ3n) is 2.81. The average molecular weight is 279 g/mol. The first-order valence-corrected chi connectivity index (χ1v) is 6.47. The second kappa shape index (κ2) is 5.84. The standard InChI is InChI=1S/C13H15ClN4O/c1-3-9(2)15-13(19)12-8-18(17-16-12)11-6-4-10(14)5-7-11/h4-9H,3H2,1-2H3,(H,15,19)/t9-/m0/s1. The number of aromatic nitrogens is 3. The lowest BCUT2D eigenvalue weighted by Crippen LogP contribution is -2.32. The third kappa shape index (κ3) is 3.32. The van der Waals surface area contributed by atoms with E-state index in [0.29, 0.717) is 10.7 Å². The number of hydrogen-bond acceptors (Lipinski definition) is 3. The van der Waals surface area contributed by atoms with Crippen LogP contribution in [0.1, 0.15) is 30.8 Å². The van der Waals surface area contributed by atoms with Crippen LogP contribution >= 0.6 is 11.6 Å². The predicted octanol–water partition coefficient (Wildman–Crippen LogP) is 2.45. The number of amides is 1. The van der Waals surface area contributed by atoms with Crippen molar-refractivity contribution in [3.8, 4) is 5.69 Å². The highest BCUT2D eigenvalue weighted by atomic mass is 35.5. The van der Waals surface area contributed by atoms with Gasteiger partial charge in [-0.3, -0.25) is 4.79 Å². The molecule has 19 heavy (non-hydrogen) atoms. The number of rotatable bonds is 4.